The molecule has 108 valence electrons. The number of rotatable bonds is 3. The summed E-state index contributed by atoms with van der Waals surface area (Å²) < 4.78 is 5.69. The molecule has 0 unspecified atom stereocenters. The second kappa shape index (κ2) is 5.97. The van der Waals surface area contributed by atoms with Crippen molar-refractivity contribution in [3.05, 3.63) is 60.2 Å². The summed E-state index contributed by atoms with van der Waals surface area (Å²) >= 11 is 0. The van der Waals surface area contributed by atoms with Crippen molar-refractivity contribution in [1.29, 1.82) is 0 Å². The summed E-state index contributed by atoms with van der Waals surface area (Å²) in [5, 5.41) is 9.49. The van der Waals surface area contributed by atoms with Crippen LogP contribution in [0.2, 0.25) is 0 Å². The number of β-amino-alcohol motifs (C(OH)–C–C–N with tert-alkyl or cyclic N) is 1. The molecule has 0 aliphatic carbocycles. The zero-order valence-corrected chi connectivity index (χ0v) is 11.6. The maximum absolute atomic E-state index is 12.2. The average Bonchev–Trinajstić information content (AvgIpc) is 2.95. The second-order valence-electron chi connectivity index (χ2n) is 5.13. The summed E-state index contributed by atoms with van der Waals surface area (Å²) in [6.07, 6.45) is 0.260. The van der Waals surface area contributed by atoms with Crippen molar-refractivity contribution in [1.82, 2.24) is 4.90 Å². The number of aliphatic hydroxyl groups is 1. The molecule has 0 radical (unpaired) electrons. The Morgan fingerprint density at radius 1 is 1.05 bits per heavy atom. The lowest BCUT2D eigenvalue weighted by molar-refractivity contribution is 0.0765. The van der Waals surface area contributed by atoms with Gasteiger partial charge in [-0.2, -0.15) is 0 Å². The Morgan fingerprint density at radius 2 is 1.71 bits per heavy atom. The SMILES string of the molecule is O=C(c1ccc(Oc2ccccc2)cc1)N1CC[C@H](O)C1. The summed E-state index contributed by atoms with van der Waals surface area (Å²) in [6, 6.07) is 16.6. The second-order valence-corrected chi connectivity index (χ2v) is 5.13. The molecule has 4 nitrogen and oxygen atoms in total. The van der Waals surface area contributed by atoms with Gasteiger partial charge in [0, 0.05) is 18.7 Å². The van der Waals surface area contributed by atoms with Crippen molar-refractivity contribution in [2.75, 3.05) is 13.1 Å². The lowest BCUT2D eigenvalue weighted by Gasteiger charge is -2.15. The minimum absolute atomic E-state index is 0.0437. The molecule has 0 bridgehead atoms. The third-order valence-corrected chi connectivity index (χ3v) is 3.53. The normalized spacial score (nSPS) is 17.8. The van der Waals surface area contributed by atoms with Crippen molar-refractivity contribution in [2.24, 2.45) is 0 Å². The van der Waals surface area contributed by atoms with Gasteiger partial charge in [0.25, 0.3) is 5.91 Å². The summed E-state index contributed by atoms with van der Waals surface area (Å²) in [5.41, 5.74) is 0.615. The van der Waals surface area contributed by atoms with Crippen LogP contribution in [0.3, 0.4) is 0 Å². The van der Waals surface area contributed by atoms with E-state index in [1.807, 2.05) is 30.3 Å². The molecule has 1 fully saturated rings. The number of carbonyl (C=O) groups excluding carboxylic acids is 1. The Labute approximate surface area is 123 Å². The predicted molar refractivity (Wildman–Crippen MR) is 79.5 cm³/mol. The highest BCUT2D eigenvalue weighted by Crippen LogP contribution is 2.22. The molecule has 0 saturated carbocycles. The van der Waals surface area contributed by atoms with Gasteiger partial charge in [-0.15, -0.1) is 0 Å². The first-order chi connectivity index (χ1) is 10.2. The Kier molecular flexibility index (Phi) is 3.88. The van der Waals surface area contributed by atoms with Crippen LogP contribution in [0.25, 0.3) is 0 Å². The van der Waals surface area contributed by atoms with Crippen LogP contribution in [0.15, 0.2) is 54.6 Å². The molecule has 21 heavy (non-hydrogen) atoms. The van der Waals surface area contributed by atoms with E-state index in [0.29, 0.717) is 30.8 Å². The highest BCUT2D eigenvalue weighted by Gasteiger charge is 2.25. The molecule has 1 amide bonds. The Morgan fingerprint density at radius 3 is 2.33 bits per heavy atom. The topological polar surface area (TPSA) is 49.8 Å². The van der Waals surface area contributed by atoms with E-state index in [0.717, 1.165) is 5.75 Å². The molecule has 4 heteroatoms. The molecular formula is C17H17NO3. The first-order valence-electron chi connectivity index (χ1n) is 7.03. The number of hydrogen-bond donors (Lipinski definition) is 1. The van der Waals surface area contributed by atoms with E-state index in [2.05, 4.69) is 0 Å². The number of para-hydroxylation sites is 1. The smallest absolute Gasteiger partial charge is 0.253 e. The van der Waals surface area contributed by atoms with Crippen molar-refractivity contribution >= 4 is 5.91 Å². The van der Waals surface area contributed by atoms with Gasteiger partial charge in [-0.3, -0.25) is 4.79 Å². The standard InChI is InChI=1S/C17H17NO3/c19-14-10-11-18(12-14)17(20)13-6-8-16(9-7-13)21-15-4-2-1-3-5-15/h1-9,14,19H,10-12H2/t14-/m0/s1. The van der Waals surface area contributed by atoms with E-state index < -0.39 is 6.10 Å². The number of amides is 1. The minimum Gasteiger partial charge on any atom is -0.457 e. The number of nitrogens with zero attached hydrogens (tertiary/aromatic N) is 1. The van der Waals surface area contributed by atoms with Gasteiger partial charge in [-0.1, -0.05) is 18.2 Å². The minimum atomic E-state index is -0.394. The van der Waals surface area contributed by atoms with Gasteiger partial charge in [-0.05, 0) is 42.8 Å². The van der Waals surface area contributed by atoms with E-state index in [4.69, 9.17) is 4.74 Å². The fraction of sp³-hybridized carbons (Fsp3) is 0.235. The van der Waals surface area contributed by atoms with Gasteiger partial charge in [0.2, 0.25) is 0 Å². The summed E-state index contributed by atoms with van der Waals surface area (Å²) in [4.78, 5) is 13.9. The third-order valence-electron chi connectivity index (χ3n) is 3.53. The van der Waals surface area contributed by atoms with Crippen LogP contribution < -0.4 is 4.74 Å². The highest BCUT2D eigenvalue weighted by atomic mass is 16.5. The molecule has 1 aliphatic rings. The highest BCUT2D eigenvalue weighted by molar-refractivity contribution is 5.94. The van der Waals surface area contributed by atoms with E-state index >= 15 is 0 Å². The van der Waals surface area contributed by atoms with Gasteiger partial charge in [-0.25, -0.2) is 0 Å². The Bertz CT molecular complexity index is 610. The Hall–Kier alpha value is -2.33. The molecule has 3 rings (SSSR count). The van der Waals surface area contributed by atoms with Crippen LogP contribution in [0, 0.1) is 0 Å². The molecule has 1 N–H and O–H groups in total. The fourth-order valence-corrected chi connectivity index (χ4v) is 2.40. The summed E-state index contributed by atoms with van der Waals surface area (Å²) in [5.74, 6) is 1.41. The van der Waals surface area contributed by atoms with Crippen LogP contribution in [0.1, 0.15) is 16.8 Å². The van der Waals surface area contributed by atoms with E-state index in [1.165, 1.54) is 0 Å². The number of likely N-dealkylation sites (tertiary alicyclic amines) is 1. The van der Waals surface area contributed by atoms with Crippen LogP contribution in [-0.4, -0.2) is 35.1 Å². The predicted octanol–water partition coefficient (Wildman–Crippen LogP) is 2.69. The van der Waals surface area contributed by atoms with Crippen molar-refractivity contribution in [3.63, 3.8) is 0 Å². The van der Waals surface area contributed by atoms with Crippen molar-refractivity contribution in [3.8, 4) is 11.5 Å². The molecule has 1 aliphatic heterocycles. The maximum atomic E-state index is 12.2. The Balaban J connectivity index is 1.68. The number of hydrogen-bond acceptors (Lipinski definition) is 3. The molecule has 0 aromatic heterocycles. The van der Waals surface area contributed by atoms with Gasteiger partial charge in [0.05, 0.1) is 6.10 Å². The van der Waals surface area contributed by atoms with Gasteiger partial charge in [0.1, 0.15) is 11.5 Å². The fourth-order valence-electron chi connectivity index (χ4n) is 2.40. The lowest BCUT2D eigenvalue weighted by Crippen LogP contribution is -2.29. The number of benzene rings is 2. The zero-order valence-electron chi connectivity index (χ0n) is 11.6. The average molecular weight is 283 g/mol. The van der Waals surface area contributed by atoms with Crippen LogP contribution in [-0.2, 0) is 0 Å². The lowest BCUT2D eigenvalue weighted by atomic mass is 10.2. The molecule has 1 heterocycles. The maximum Gasteiger partial charge on any atom is 0.253 e. The molecule has 0 spiro atoms. The molecular weight excluding hydrogens is 266 g/mol. The van der Waals surface area contributed by atoms with Crippen molar-refractivity contribution < 1.29 is 14.6 Å². The van der Waals surface area contributed by atoms with E-state index in [9.17, 15) is 9.90 Å². The van der Waals surface area contributed by atoms with Gasteiger partial charge < -0.3 is 14.7 Å². The van der Waals surface area contributed by atoms with E-state index in [-0.39, 0.29) is 5.91 Å². The summed E-state index contributed by atoms with van der Waals surface area (Å²) in [7, 11) is 0. The number of aliphatic hydroxyl groups excluding tert-OH is 1. The van der Waals surface area contributed by atoms with Gasteiger partial charge in [0.15, 0.2) is 0 Å². The summed E-state index contributed by atoms with van der Waals surface area (Å²) in [6.45, 7) is 1.03. The quantitative estimate of drug-likeness (QED) is 0.942. The first kappa shape index (κ1) is 13.6. The molecule has 1 atom stereocenters. The van der Waals surface area contributed by atoms with Crippen LogP contribution >= 0.6 is 0 Å². The van der Waals surface area contributed by atoms with E-state index in [1.54, 1.807) is 29.2 Å². The largest absolute Gasteiger partial charge is 0.457 e. The van der Waals surface area contributed by atoms with Crippen LogP contribution in [0.5, 0.6) is 11.5 Å². The van der Waals surface area contributed by atoms with Crippen molar-refractivity contribution in [2.45, 2.75) is 12.5 Å². The molecule has 2 aromatic rings. The van der Waals surface area contributed by atoms with Crippen LogP contribution in [0.4, 0.5) is 0 Å². The molecule has 1 saturated heterocycles. The zero-order chi connectivity index (χ0) is 14.7. The number of carbonyl (C=O) groups is 1. The van der Waals surface area contributed by atoms with Gasteiger partial charge >= 0.3 is 0 Å². The third kappa shape index (κ3) is 3.23. The monoisotopic (exact) mass is 283 g/mol. The number of ether oxygens (including phenoxy) is 1. The molecule has 2 aromatic carbocycles. The first-order valence-corrected chi connectivity index (χ1v) is 7.03.